The number of hydrogen-bond acceptors (Lipinski definition) is 3. The van der Waals surface area contributed by atoms with E-state index in [1.54, 1.807) is 12.1 Å². The lowest BCUT2D eigenvalue weighted by Crippen LogP contribution is -2.32. The summed E-state index contributed by atoms with van der Waals surface area (Å²) in [6.07, 6.45) is 5.56. The van der Waals surface area contributed by atoms with Gasteiger partial charge in [-0.15, -0.1) is 11.3 Å². The van der Waals surface area contributed by atoms with Crippen LogP contribution in [0.4, 0.5) is 0 Å². The normalized spacial score (nSPS) is 17.4. The molecule has 0 aromatic carbocycles. The van der Waals surface area contributed by atoms with Gasteiger partial charge >= 0.3 is 0 Å². The molecule has 2 rings (SSSR count). The van der Waals surface area contributed by atoms with Gasteiger partial charge in [-0.05, 0) is 40.9 Å². The van der Waals surface area contributed by atoms with Crippen molar-refractivity contribution in [2.24, 2.45) is 0 Å². The molecule has 0 saturated heterocycles. The van der Waals surface area contributed by atoms with Crippen LogP contribution in [-0.2, 0) is 10.0 Å². The molecule has 0 amide bonds. The van der Waals surface area contributed by atoms with Crippen molar-refractivity contribution >= 4 is 37.3 Å². The highest BCUT2D eigenvalue weighted by Crippen LogP contribution is 2.26. The van der Waals surface area contributed by atoms with Gasteiger partial charge < -0.3 is 0 Å². The van der Waals surface area contributed by atoms with Crippen LogP contribution in [0, 0.1) is 0 Å². The van der Waals surface area contributed by atoms with Crippen LogP contribution < -0.4 is 4.72 Å². The number of hydrogen-bond donors (Lipinski definition) is 1. The summed E-state index contributed by atoms with van der Waals surface area (Å²) in [5.74, 6) is 0. The number of thiophene rings is 1. The van der Waals surface area contributed by atoms with Crippen molar-refractivity contribution < 1.29 is 8.42 Å². The molecule has 1 aromatic heterocycles. The number of sulfonamides is 1. The lowest BCUT2D eigenvalue weighted by Gasteiger charge is -2.10. The summed E-state index contributed by atoms with van der Waals surface area (Å²) in [5, 5.41) is 0. The Bertz CT molecular complexity index is 470. The van der Waals surface area contributed by atoms with Crippen LogP contribution >= 0.6 is 27.3 Å². The second-order valence-corrected chi connectivity index (χ2v) is 7.72. The van der Waals surface area contributed by atoms with E-state index < -0.39 is 10.0 Å². The Hall–Kier alpha value is -0.170. The van der Waals surface area contributed by atoms with Gasteiger partial charge in [-0.1, -0.05) is 12.2 Å². The van der Waals surface area contributed by atoms with E-state index in [9.17, 15) is 8.42 Å². The minimum Gasteiger partial charge on any atom is -0.207 e. The van der Waals surface area contributed by atoms with E-state index in [0.717, 1.165) is 16.6 Å². The largest absolute Gasteiger partial charge is 0.250 e. The van der Waals surface area contributed by atoms with Gasteiger partial charge in [0.15, 0.2) is 0 Å². The number of nitrogens with one attached hydrogen (secondary N) is 1. The summed E-state index contributed by atoms with van der Waals surface area (Å²) in [7, 11) is -3.32. The van der Waals surface area contributed by atoms with Crippen LogP contribution in [0.1, 0.15) is 12.8 Å². The van der Waals surface area contributed by atoms with Gasteiger partial charge in [-0.3, -0.25) is 0 Å². The molecule has 1 aliphatic rings. The molecular formula is C9H10BrNO2S2. The molecule has 1 aliphatic carbocycles. The van der Waals surface area contributed by atoms with Gasteiger partial charge in [0.25, 0.3) is 0 Å². The molecule has 0 aliphatic heterocycles. The summed E-state index contributed by atoms with van der Waals surface area (Å²) in [4.78, 5) is 0. The zero-order chi connectivity index (χ0) is 10.9. The van der Waals surface area contributed by atoms with Gasteiger partial charge in [0, 0.05) is 6.04 Å². The maximum atomic E-state index is 11.9. The third-order valence-corrected chi connectivity index (χ3v) is 5.78. The van der Waals surface area contributed by atoms with Gasteiger partial charge in [0.2, 0.25) is 10.0 Å². The van der Waals surface area contributed by atoms with Crippen LogP contribution in [0.15, 0.2) is 32.3 Å². The van der Waals surface area contributed by atoms with E-state index in [0.29, 0.717) is 4.21 Å². The summed E-state index contributed by atoms with van der Waals surface area (Å²) in [5.41, 5.74) is 0. The van der Waals surface area contributed by atoms with Gasteiger partial charge in [0.05, 0.1) is 3.79 Å². The van der Waals surface area contributed by atoms with Crippen molar-refractivity contribution in [2.45, 2.75) is 23.1 Å². The maximum Gasteiger partial charge on any atom is 0.250 e. The molecular weight excluding hydrogens is 298 g/mol. The first-order chi connectivity index (χ1) is 7.08. The average molecular weight is 308 g/mol. The summed E-state index contributed by atoms with van der Waals surface area (Å²) >= 11 is 4.48. The predicted molar refractivity (Wildman–Crippen MR) is 64.5 cm³/mol. The van der Waals surface area contributed by atoms with Crippen LogP contribution in [0.3, 0.4) is 0 Å². The molecule has 3 nitrogen and oxygen atoms in total. The molecule has 0 fully saturated rings. The SMILES string of the molecule is O=S(=O)(NC1CC=CC1)c1ccc(Br)s1. The molecule has 6 heteroatoms. The minimum absolute atomic E-state index is 0.0240. The number of halogens is 1. The molecule has 0 bridgehead atoms. The third kappa shape index (κ3) is 2.69. The topological polar surface area (TPSA) is 46.2 Å². The molecule has 1 aromatic rings. The van der Waals surface area contributed by atoms with Crippen molar-refractivity contribution in [2.75, 3.05) is 0 Å². The van der Waals surface area contributed by atoms with E-state index in [2.05, 4.69) is 20.7 Å². The highest BCUT2D eigenvalue weighted by Gasteiger charge is 2.21. The highest BCUT2D eigenvalue weighted by atomic mass is 79.9. The Morgan fingerprint density at radius 1 is 1.33 bits per heavy atom. The maximum absolute atomic E-state index is 11.9. The molecule has 0 saturated carbocycles. The average Bonchev–Trinajstić information content (AvgIpc) is 2.75. The third-order valence-electron chi connectivity index (χ3n) is 2.14. The first kappa shape index (κ1) is 11.3. The lowest BCUT2D eigenvalue weighted by atomic mass is 10.3. The Labute approximate surface area is 101 Å². The van der Waals surface area contributed by atoms with E-state index in [4.69, 9.17) is 0 Å². The van der Waals surface area contributed by atoms with Crippen molar-refractivity contribution in [1.82, 2.24) is 4.72 Å². The van der Waals surface area contributed by atoms with Crippen molar-refractivity contribution in [3.63, 3.8) is 0 Å². The standard InChI is InChI=1S/C9H10BrNO2S2/c10-8-5-6-9(14-8)15(12,13)11-7-3-1-2-4-7/h1-2,5-7,11H,3-4H2. The first-order valence-corrected chi connectivity index (χ1v) is 7.60. The molecule has 0 atom stereocenters. The number of rotatable bonds is 3. The van der Waals surface area contributed by atoms with E-state index in [-0.39, 0.29) is 6.04 Å². The molecule has 0 unspecified atom stereocenters. The van der Waals surface area contributed by atoms with Crippen LogP contribution in [0.2, 0.25) is 0 Å². The second-order valence-electron chi connectivity index (χ2n) is 3.32. The second kappa shape index (κ2) is 4.37. The zero-order valence-corrected chi connectivity index (χ0v) is 11.0. The van der Waals surface area contributed by atoms with Gasteiger partial charge in [-0.25, -0.2) is 13.1 Å². The van der Waals surface area contributed by atoms with Gasteiger partial charge in [0.1, 0.15) is 4.21 Å². The summed E-state index contributed by atoms with van der Waals surface area (Å²) < 4.78 is 27.6. The minimum atomic E-state index is -3.32. The Morgan fingerprint density at radius 3 is 2.53 bits per heavy atom. The molecule has 0 spiro atoms. The van der Waals surface area contributed by atoms with Gasteiger partial charge in [-0.2, -0.15) is 0 Å². The van der Waals surface area contributed by atoms with E-state index >= 15 is 0 Å². The predicted octanol–water partition coefficient (Wildman–Crippen LogP) is 2.51. The molecule has 82 valence electrons. The lowest BCUT2D eigenvalue weighted by molar-refractivity contribution is 0.559. The summed E-state index contributed by atoms with van der Waals surface area (Å²) in [6.45, 7) is 0. The Morgan fingerprint density at radius 2 is 2.00 bits per heavy atom. The molecule has 1 N–H and O–H groups in total. The monoisotopic (exact) mass is 307 g/mol. The Balaban J connectivity index is 2.13. The van der Waals surface area contributed by atoms with Crippen LogP contribution in [-0.4, -0.2) is 14.5 Å². The quantitative estimate of drug-likeness (QED) is 0.872. The van der Waals surface area contributed by atoms with Crippen LogP contribution in [0.25, 0.3) is 0 Å². The molecule has 0 radical (unpaired) electrons. The van der Waals surface area contributed by atoms with E-state index in [1.807, 2.05) is 12.2 Å². The zero-order valence-electron chi connectivity index (χ0n) is 7.81. The first-order valence-electron chi connectivity index (χ1n) is 4.50. The molecule has 1 heterocycles. The fourth-order valence-corrected chi connectivity index (χ4v) is 4.72. The fourth-order valence-electron chi connectivity index (χ4n) is 1.43. The fraction of sp³-hybridized carbons (Fsp3) is 0.333. The Kier molecular flexibility index (Phi) is 3.30. The van der Waals surface area contributed by atoms with Crippen LogP contribution in [0.5, 0.6) is 0 Å². The van der Waals surface area contributed by atoms with Crippen molar-refractivity contribution in [3.05, 3.63) is 28.1 Å². The summed E-state index contributed by atoms with van der Waals surface area (Å²) in [6, 6.07) is 3.38. The van der Waals surface area contributed by atoms with Crippen molar-refractivity contribution in [1.29, 1.82) is 0 Å². The van der Waals surface area contributed by atoms with E-state index in [1.165, 1.54) is 11.3 Å². The highest BCUT2D eigenvalue weighted by molar-refractivity contribution is 9.11. The molecule has 15 heavy (non-hydrogen) atoms. The smallest absolute Gasteiger partial charge is 0.207 e. The van der Waals surface area contributed by atoms with Crippen molar-refractivity contribution in [3.8, 4) is 0 Å².